The third-order valence-electron chi connectivity index (χ3n) is 5.39. The van der Waals surface area contributed by atoms with E-state index in [1.54, 1.807) is 6.07 Å². The molecule has 0 aliphatic carbocycles. The molecule has 3 aromatic rings. The molecule has 0 atom stereocenters. The van der Waals surface area contributed by atoms with Crippen LogP contribution in [0, 0.1) is 12.7 Å². The van der Waals surface area contributed by atoms with Crippen molar-refractivity contribution in [1.29, 1.82) is 0 Å². The average Bonchev–Trinajstić information content (AvgIpc) is 3.38. The highest BCUT2D eigenvalue weighted by Gasteiger charge is 2.19. The molecular formula is C24H23ClFN3O2S. The SMILES string of the molecule is Cc1cc(NC(=O)c2ccc(F)cc2Cl)sc1C(=O)Nc1ccccc1CN1CCCC1. The van der Waals surface area contributed by atoms with Gasteiger partial charge in [0.1, 0.15) is 5.82 Å². The van der Waals surface area contributed by atoms with Gasteiger partial charge in [0.25, 0.3) is 11.8 Å². The first-order chi connectivity index (χ1) is 15.4. The molecule has 1 aliphatic rings. The first kappa shape index (κ1) is 22.5. The number of amides is 2. The molecule has 2 amide bonds. The third-order valence-corrected chi connectivity index (χ3v) is 6.86. The highest BCUT2D eigenvalue weighted by Crippen LogP contribution is 2.29. The zero-order valence-corrected chi connectivity index (χ0v) is 19.2. The zero-order chi connectivity index (χ0) is 22.7. The summed E-state index contributed by atoms with van der Waals surface area (Å²) in [6.45, 7) is 4.78. The van der Waals surface area contributed by atoms with Gasteiger partial charge in [-0.3, -0.25) is 14.5 Å². The normalized spacial score (nSPS) is 13.8. The molecule has 166 valence electrons. The second-order valence-corrected chi connectivity index (χ2v) is 9.26. The molecule has 5 nitrogen and oxygen atoms in total. The van der Waals surface area contributed by atoms with Crippen LogP contribution in [0.4, 0.5) is 15.1 Å². The number of anilines is 2. The lowest BCUT2D eigenvalue weighted by molar-refractivity contribution is 0.102. The van der Waals surface area contributed by atoms with E-state index in [0.717, 1.165) is 42.5 Å². The topological polar surface area (TPSA) is 61.4 Å². The van der Waals surface area contributed by atoms with Crippen LogP contribution in [0.1, 0.15) is 44.0 Å². The van der Waals surface area contributed by atoms with Crippen LogP contribution >= 0.6 is 22.9 Å². The minimum Gasteiger partial charge on any atom is -0.321 e. The molecule has 0 saturated carbocycles. The van der Waals surface area contributed by atoms with E-state index in [9.17, 15) is 14.0 Å². The van der Waals surface area contributed by atoms with E-state index >= 15 is 0 Å². The van der Waals surface area contributed by atoms with Crippen LogP contribution in [0.15, 0.2) is 48.5 Å². The van der Waals surface area contributed by atoms with Crippen molar-refractivity contribution in [3.63, 3.8) is 0 Å². The number of hydrogen-bond donors (Lipinski definition) is 2. The monoisotopic (exact) mass is 471 g/mol. The number of carbonyl (C=O) groups excluding carboxylic acids is 2. The van der Waals surface area contributed by atoms with Gasteiger partial charge >= 0.3 is 0 Å². The first-order valence-electron chi connectivity index (χ1n) is 10.4. The Balaban J connectivity index is 1.47. The average molecular weight is 472 g/mol. The van der Waals surface area contributed by atoms with Crippen LogP contribution < -0.4 is 10.6 Å². The van der Waals surface area contributed by atoms with Crippen molar-refractivity contribution in [2.75, 3.05) is 23.7 Å². The molecule has 32 heavy (non-hydrogen) atoms. The van der Waals surface area contributed by atoms with Crippen molar-refractivity contribution in [3.8, 4) is 0 Å². The van der Waals surface area contributed by atoms with E-state index in [1.165, 1.54) is 36.3 Å². The van der Waals surface area contributed by atoms with E-state index in [4.69, 9.17) is 11.6 Å². The Morgan fingerprint density at radius 2 is 1.81 bits per heavy atom. The Morgan fingerprint density at radius 3 is 2.56 bits per heavy atom. The molecular weight excluding hydrogens is 449 g/mol. The maximum Gasteiger partial charge on any atom is 0.266 e. The van der Waals surface area contributed by atoms with Crippen LogP contribution in [0.25, 0.3) is 0 Å². The van der Waals surface area contributed by atoms with Gasteiger partial charge < -0.3 is 10.6 Å². The summed E-state index contributed by atoms with van der Waals surface area (Å²) in [6.07, 6.45) is 2.42. The van der Waals surface area contributed by atoms with Crippen molar-refractivity contribution < 1.29 is 14.0 Å². The van der Waals surface area contributed by atoms with Gasteiger partial charge in [0, 0.05) is 12.2 Å². The van der Waals surface area contributed by atoms with Crippen molar-refractivity contribution in [2.24, 2.45) is 0 Å². The first-order valence-corrected chi connectivity index (χ1v) is 11.6. The molecule has 0 bridgehead atoms. The maximum atomic E-state index is 13.2. The van der Waals surface area contributed by atoms with Crippen molar-refractivity contribution in [3.05, 3.63) is 80.9 Å². The van der Waals surface area contributed by atoms with Gasteiger partial charge in [-0.05, 0) is 74.3 Å². The summed E-state index contributed by atoms with van der Waals surface area (Å²) in [5, 5.41) is 6.32. The molecule has 0 radical (unpaired) electrons. The number of hydrogen-bond acceptors (Lipinski definition) is 4. The summed E-state index contributed by atoms with van der Waals surface area (Å²) < 4.78 is 13.2. The molecule has 8 heteroatoms. The highest BCUT2D eigenvalue weighted by molar-refractivity contribution is 7.18. The molecule has 1 aromatic heterocycles. The Hall–Kier alpha value is -2.74. The summed E-state index contributed by atoms with van der Waals surface area (Å²) in [5.74, 6) is -1.19. The summed E-state index contributed by atoms with van der Waals surface area (Å²) >= 11 is 7.16. The number of aryl methyl sites for hydroxylation is 1. The van der Waals surface area contributed by atoms with E-state index in [2.05, 4.69) is 15.5 Å². The lowest BCUT2D eigenvalue weighted by atomic mass is 10.1. The quantitative estimate of drug-likeness (QED) is 0.467. The number of para-hydroxylation sites is 1. The number of likely N-dealkylation sites (tertiary alicyclic amines) is 1. The van der Waals surface area contributed by atoms with E-state index < -0.39 is 11.7 Å². The second kappa shape index (κ2) is 9.81. The third kappa shape index (κ3) is 5.18. The fourth-order valence-electron chi connectivity index (χ4n) is 3.76. The Kier molecular flexibility index (Phi) is 6.89. The summed E-state index contributed by atoms with van der Waals surface area (Å²) in [7, 11) is 0. The standard InChI is InChI=1S/C24H23ClFN3O2S/c1-15-12-21(28-23(30)18-9-8-17(26)13-19(18)25)32-22(15)24(31)27-20-7-3-2-6-16(20)14-29-10-4-5-11-29/h2-3,6-9,12-13H,4-5,10-11,14H2,1H3,(H,27,31)(H,28,30). The van der Waals surface area contributed by atoms with Crippen LogP contribution in [-0.2, 0) is 6.54 Å². The molecule has 4 rings (SSSR count). The van der Waals surface area contributed by atoms with E-state index in [1.807, 2.05) is 31.2 Å². The molecule has 0 spiro atoms. The second-order valence-electron chi connectivity index (χ2n) is 7.80. The number of rotatable bonds is 6. The van der Waals surface area contributed by atoms with Gasteiger partial charge in [0.15, 0.2) is 0 Å². The molecule has 1 aliphatic heterocycles. The van der Waals surface area contributed by atoms with E-state index in [0.29, 0.717) is 9.88 Å². The fourth-order valence-corrected chi connectivity index (χ4v) is 4.98. The largest absolute Gasteiger partial charge is 0.321 e. The van der Waals surface area contributed by atoms with Crippen LogP contribution in [0.5, 0.6) is 0 Å². The van der Waals surface area contributed by atoms with Gasteiger partial charge in [-0.15, -0.1) is 11.3 Å². The van der Waals surface area contributed by atoms with Crippen LogP contribution in [0.2, 0.25) is 5.02 Å². The van der Waals surface area contributed by atoms with Gasteiger partial charge in [0.05, 0.1) is 20.5 Å². The Bertz CT molecular complexity index is 1160. The predicted octanol–water partition coefficient (Wildman–Crippen LogP) is 5.95. The summed E-state index contributed by atoms with van der Waals surface area (Å²) in [5.41, 5.74) is 2.79. The van der Waals surface area contributed by atoms with E-state index in [-0.39, 0.29) is 16.5 Å². The van der Waals surface area contributed by atoms with Gasteiger partial charge in [-0.25, -0.2) is 4.39 Å². The molecule has 1 saturated heterocycles. The summed E-state index contributed by atoms with van der Waals surface area (Å²) in [6, 6.07) is 13.2. The minimum atomic E-state index is -0.512. The van der Waals surface area contributed by atoms with Gasteiger partial charge in [0.2, 0.25) is 0 Å². The van der Waals surface area contributed by atoms with Crippen molar-refractivity contribution in [1.82, 2.24) is 4.90 Å². The minimum absolute atomic E-state index is 0.0309. The maximum absolute atomic E-state index is 13.2. The lowest BCUT2D eigenvalue weighted by Crippen LogP contribution is -2.20. The fraction of sp³-hybridized carbons (Fsp3) is 0.250. The van der Waals surface area contributed by atoms with Crippen LogP contribution in [0.3, 0.4) is 0 Å². The molecule has 1 fully saturated rings. The highest BCUT2D eigenvalue weighted by atomic mass is 35.5. The number of thiophene rings is 1. The number of benzene rings is 2. The molecule has 2 aromatic carbocycles. The molecule has 2 heterocycles. The predicted molar refractivity (Wildman–Crippen MR) is 127 cm³/mol. The Labute approximate surface area is 195 Å². The number of nitrogens with one attached hydrogen (secondary N) is 2. The number of carbonyl (C=O) groups is 2. The lowest BCUT2D eigenvalue weighted by Gasteiger charge is -2.17. The molecule has 2 N–H and O–H groups in total. The van der Waals surface area contributed by atoms with Gasteiger partial charge in [-0.1, -0.05) is 29.8 Å². The molecule has 0 unspecified atom stereocenters. The van der Waals surface area contributed by atoms with Crippen LogP contribution in [-0.4, -0.2) is 29.8 Å². The van der Waals surface area contributed by atoms with Crippen molar-refractivity contribution in [2.45, 2.75) is 26.3 Å². The Morgan fingerprint density at radius 1 is 1.06 bits per heavy atom. The van der Waals surface area contributed by atoms with Gasteiger partial charge in [-0.2, -0.15) is 0 Å². The van der Waals surface area contributed by atoms with Crippen molar-refractivity contribution >= 4 is 45.4 Å². The number of halogens is 2. The zero-order valence-electron chi connectivity index (χ0n) is 17.6. The smallest absolute Gasteiger partial charge is 0.266 e. The number of nitrogens with zero attached hydrogens (tertiary/aromatic N) is 1. The summed E-state index contributed by atoms with van der Waals surface area (Å²) in [4.78, 5) is 28.4.